The van der Waals surface area contributed by atoms with E-state index in [1.807, 2.05) is 52.0 Å². The highest BCUT2D eigenvalue weighted by atomic mass is 35.5. The first-order valence-corrected chi connectivity index (χ1v) is 11.6. The van der Waals surface area contributed by atoms with Gasteiger partial charge in [0, 0.05) is 22.1 Å². The number of thioether (sulfide) groups is 2. The fourth-order valence-electron chi connectivity index (χ4n) is 3.45. The largest absolute Gasteiger partial charge is 0.318 e. The first-order chi connectivity index (χ1) is 14.3. The van der Waals surface area contributed by atoms with Gasteiger partial charge in [-0.3, -0.25) is 10.2 Å². The van der Waals surface area contributed by atoms with Crippen LogP contribution in [0.25, 0.3) is 11.8 Å². The summed E-state index contributed by atoms with van der Waals surface area (Å²) in [7, 11) is 0. The number of nitrogens with zero attached hydrogens (tertiary/aromatic N) is 4. The Morgan fingerprint density at radius 2 is 2.07 bits per heavy atom. The maximum absolute atomic E-state index is 12.7. The standard InChI is InChI=1S/C21H20ClN5OS2/c1-5-29-21-25-27-18(23)15(19(28)24-20(27)30-21)10-14-9-11(2)26(13(14)4)17-8-6-7-16(22)12(17)3/h6-10,23H,5H2,1-4H3/b15-10+,23-18?. The number of aromatic nitrogens is 1. The molecular weight excluding hydrogens is 438 g/mol. The lowest BCUT2D eigenvalue weighted by atomic mass is 10.1. The predicted molar refractivity (Wildman–Crippen MR) is 128 cm³/mol. The zero-order valence-electron chi connectivity index (χ0n) is 17.0. The van der Waals surface area contributed by atoms with Crippen LogP contribution in [0.5, 0.6) is 0 Å². The number of fused-ring (bicyclic) bond motifs is 1. The van der Waals surface area contributed by atoms with Crippen LogP contribution in [0.2, 0.25) is 5.02 Å². The molecule has 1 aromatic heterocycles. The maximum Gasteiger partial charge on any atom is 0.283 e. The van der Waals surface area contributed by atoms with Crippen LogP contribution in [-0.2, 0) is 4.79 Å². The molecule has 4 rings (SSSR count). The van der Waals surface area contributed by atoms with Crippen LogP contribution in [0.4, 0.5) is 0 Å². The van der Waals surface area contributed by atoms with Gasteiger partial charge in [0.1, 0.15) is 0 Å². The number of aliphatic imine (C=N–C) groups is 1. The molecule has 0 saturated carbocycles. The molecule has 0 spiro atoms. The number of hydrogen-bond acceptors (Lipinski definition) is 5. The summed E-state index contributed by atoms with van der Waals surface area (Å²) in [6, 6.07) is 7.82. The summed E-state index contributed by atoms with van der Waals surface area (Å²) >= 11 is 9.22. The molecule has 0 unspecified atom stereocenters. The number of aryl methyl sites for hydroxylation is 1. The average molecular weight is 458 g/mol. The van der Waals surface area contributed by atoms with Crippen molar-refractivity contribution in [2.75, 3.05) is 5.75 Å². The predicted octanol–water partition coefficient (Wildman–Crippen LogP) is 5.39. The lowest BCUT2D eigenvalue weighted by Gasteiger charge is -2.20. The molecule has 2 aliphatic rings. The molecule has 0 saturated heterocycles. The topological polar surface area (TPSA) is 73.8 Å². The molecule has 0 bridgehead atoms. The molecule has 0 atom stereocenters. The van der Waals surface area contributed by atoms with Crippen LogP contribution in [-0.4, -0.2) is 36.6 Å². The van der Waals surface area contributed by atoms with Gasteiger partial charge in [-0.1, -0.05) is 36.4 Å². The monoisotopic (exact) mass is 457 g/mol. The first-order valence-electron chi connectivity index (χ1n) is 9.39. The van der Waals surface area contributed by atoms with E-state index in [4.69, 9.17) is 17.0 Å². The highest BCUT2D eigenvalue weighted by molar-refractivity contribution is 8.45. The molecule has 6 nitrogen and oxygen atoms in total. The second-order valence-corrected chi connectivity index (χ2v) is 9.74. The van der Waals surface area contributed by atoms with Gasteiger partial charge in [-0.25, -0.2) is 0 Å². The van der Waals surface area contributed by atoms with Crippen LogP contribution in [0.15, 0.2) is 39.9 Å². The lowest BCUT2D eigenvalue weighted by molar-refractivity contribution is -0.114. The van der Waals surface area contributed by atoms with Gasteiger partial charge in [-0.05, 0) is 73.7 Å². The highest BCUT2D eigenvalue weighted by Gasteiger charge is 2.35. The van der Waals surface area contributed by atoms with Crippen molar-refractivity contribution in [1.29, 1.82) is 5.41 Å². The van der Waals surface area contributed by atoms with Crippen molar-refractivity contribution in [3.63, 3.8) is 0 Å². The van der Waals surface area contributed by atoms with Gasteiger partial charge >= 0.3 is 0 Å². The number of nitrogens with one attached hydrogen (secondary N) is 1. The summed E-state index contributed by atoms with van der Waals surface area (Å²) in [6.45, 7) is 8.02. The number of hydrazone groups is 1. The second-order valence-electron chi connectivity index (χ2n) is 6.86. The molecule has 1 aromatic carbocycles. The first kappa shape index (κ1) is 21.0. The number of benzene rings is 1. The van der Waals surface area contributed by atoms with E-state index in [0.717, 1.165) is 38.3 Å². The molecule has 2 aromatic rings. The van der Waals surface area contributed by atoms with E-state index in [0.29, 0.717) is 10.2 Å². The van der Waals surface area contributed by atoms with Gasteiger partial charge in [-0.2, -0.15) is 10.0 Å². The van der Waals surface area contributed by atoms with Crippen molar-refractivity contribution in [3.8, 4) is 5.69 Å². The van der Waals surface area contributed by atoms with E-state index in [2.05, 4.69) is 14.7 Å². The van der Waals surface area contributed by atoms with Gasteiger partial charge in [0.05, 0.1) is 5.57 Å². The summed E-state index contributed by atoms with van der Waals surface area (Å²) in [5, 5.41) is 15.6. The zero-order chi connectivity index (χ0) is 21.6. The molecule has 30 heavy (non-hydrogen) atoms. The highest BCUT2D eigenvalue weighted by Crippen LogP contribution is 2.33. The minimum absolute atomic E-state index is 0.0490. The number of carbonyl (C=O) groups is 1. The van der Waals surface area contributed by atoms with E-state index in [-0.39, 0.29) is 11.4 Å². The molecule has 0 fully saturated rings. The van der Waals surface area contributed by atoms with Gasteiger partial charge in [-0.15, -0.1) is 5.10 Å². The van der Waals surface area contributed by atoms with Crippen LogP contribution < -0.4 is 0 Å². The Morgan fingerprint density at radius 3 is 2.80 bits per heavy atom. The third kappa shape index (κ3) is 3.53. The van der Waals surface area contributed by atoms with E-state index in [1.165, 1.54) is 16.8 Å². The Balaban J connectivity index is 1.75. The maximum atomic E-state index is 12.7. The lowest BCUT2D eigenvalue weighted by Crippen LogP contribution is -2.35. The fourth-order valence-corrected chi connectivity index (χ4v) is 5.45. The van der Waals surface area contributed by atoms with E-state index >= 15 is 0 Å². The summed E-state index contributed by atoms with van der Waals surface area (Å²) in [5.41, 5.74) is 5.04. The fraction of sp³-hybridized carbons (Fsp3) is 0.238. The Morgan fingerprint density at radius 1 is 1.30 bits per heavy atom. The Kier molecular flexibility index (Phi) is 5.65. The van der Waals surface area contributed by atoms with Crippen LogP contribution >= 0.6 is 35.1 Å². The van der Waals surface area contributed by atoms with E-state index in [9.17, 15) is 4.79 Å². The molecular formula is C21H20ClN5OS2. The number of amidine groups is 2. The SMILES string of the molecule is CCSC1=NN2C(=N)/C(=C\c3cc(C)n(-c4cccc(Cl)c4C)c3C)C(=O)N=C2S1. The molecule has 1 amide bonds. The smallest absolute Gasteiger partial charge is 0.283 e. The van der Waals surface area contributed by atoms with Crippen molar-refractivity contribution in [3.05, 3.63) is 57.4 Å². The van der Waals surface area contributed by atoms with Crippen molar-refractivity contribution < 1.29 is 4.79 Å². The summed E-state index contributed by atoms with van der Waals surface area (Å²) < 4.78 is 2.91. The van der Waals surface area contributed by atoms with Crippen molar-refractivity contribution in [2.45, 2.75) is 27.7 Å². The van der Waals surface area contributed by atoms with Crippen LogP contribution in [0, 0.1) is 26.2 Å². The van der Waals surface area contributed by atoms with Crippen molar-refractivity contribution in [1.82, 2.24) is 9.58 Å². The quantitative estimate of drug-likeness (QED) is 0.627. The Labute approximate surface area is 188 Å². The van der Waals surface area contributed by atoms with E-state index in [1.54, 1.807) is 17.8 Å². The Hall–Kier alpha value is -2.29. The molecule has 0 radical (unpaired) electrons. The zero-order valence-corrected chi connectivity index (χ0v) is 19.4. The number of halogens is 1. The van der Waals surface area contributed by atoms with Crippen molar-refractivity contribution in [2.24, 2.45) is 10.1 Å². The normalized spacial score (nSPS) is 17.5. The third-order valence-electron chi connectivity index (χ3n) is 4.95. The van der Waals surface area contributed by atoms with Crippen LogP contribution in [0.3, 0.4) is 0 Å². The summed E-state index contributed by atoms with van der Waals surface area (Å²) in [6.07, 6.45) is 1.73. The number of amides is 1. The number of carbonyl (C=O) groups excluding carboxylic acids is 1. The van der Waals surface area contributed by atoms with Gasteiger partial charge in [0.15, 0.2) is 10.2 Å². The second kappa shape index (κ2) is 8.09. The molecule has 9 heteroatoms. The summed E-state index contributed by atoms with van der Waals surface area (Å²) in [5.74, 6) is 0.500. The number of rotatable bonds is 3. The molecule has 3 heterocycles. The Bertz CT molecular complexity index is 1180. The number of hydrogen-bond donors (Lipinski definition) is 1. The van der Waals surface area contributed by atoms with Gasteiger partial charge < -0.3 is 4.57 Å². The minimum Gasteiger partial charge on any atom is -0.318 e. The van der Waals surface area contributed by atoms with E-state index < -0.39 is 5.91 Å². The van der Waals surface area contributed by atoms with Gasteiger partial charge in [0.2, 0.25) is 5.17 Å². The molecule has 0 aliphatic carbocycles. The molecule has 1 N–H and O–H groups in total. The third-order valence-corrected chi connectivity index (χ3v) is 7.29. The van der Waals surface area contributed by atoms with Gasteiger partial charge in [0.25, 0.3) is 5.91 Å². The minimum atomic E-state index is -0.416. The summed E-state index contributed by atoms with van der Waals surface area (Å²) in [4.78, 5) is 16.8. The average Bonchev–Trinajstić information content (AvgIpc) is 3.22. The molecule has 154 valence electrons. The van der Waals surface area contributed by atoms with Crippen molar-refractivity contribution >= 4 is 62.5 Å². The van der Waals surface area contributed by atoms with Crippen LogP contribution in [0.1, 0.15) is 29.4 Å². The molecule has 2 aliphatic heterocycles.